The lowest BCUT2D eigenvalue weighted by Gasteiger charge is -2.64. The van der Waals surface area contributed by atoms with Crippen molar-refractivity contribution in [3.05, 3.63) is 0 Å². The Morgan fingerprint density at radius 3 is 2.48 bits per heavy atom. The smallest absolute Gasteiger partial charge is 0.302 e. The van der Waals surface area contributed by atoms with Crippen molar-refractivity contribution >= 4 is 5.97 Å². The van der Waals surface area contributed by atoms with Gasteiger partial charge in [-0.25, -0.2) is 0 Å². The Kier molecular flexibility index (Phi) is 3.14. The van der Waals surface area contributed by atoms with Gasteiger partial charge in [0, 0.05) is 18.3 Å². The monoisotopic (exact) mass is 320 g/mol. The summed E-state index contributed by atoms with van der Waals surface area (Å²) in [6, 6.07) is 0. The van der Waals surface area contributed by atoms with Crippen LogP contribution in [-0.4, -0.2) is 23.3 Å². The van der Waals surface area contributed by atoms with Gasteiger partial charge < -0.3 is 9.47 Å². The molecule has 0 amide bonds. The Balaban J connectivity index is 1.81. The van der Waals surface area contributed by atoms with Crippen LogP contribution in [0.3, 0.4) is 0 Å². The van der Waals surface area contributed by atoms with E-state index in [1.54, 1.807) is 6.92 Å². The minimum absolute atomic E-state index is 0.0285. The zero-order valence-electron chi connectivity index (χ0n) is 15.4. The summed E-state index contributed by atoms with van der Waals surface area (Å²) in [6.45, 7) is 11.1. The van der Waals surface area contributed by atoms with Gasteiger partial charge in [-0.1, -0.05) is 27.2 Å². The lowest BCUT2D eigenvalue weighted by molar-refractivity contribution is -0.241. The van der Waals surface area contributed by atoms with Gasteiger partial charge in [0.25, 0.3) is 0 Å². The highest BCUT2D eigenvalue weighted by Gasteiger charge is 2.73. The third kappa shape index (κ3) is 1.95. The van der Waals surface area contributed by atoms with Gasteiger partial charge in [-0.15, -0.1) is 0 Å². The summed E-state index contributed by atoms with van der Waals surface area (Å²) >= 11 is 0. The van der Waals surface area contributed by atoms with Crippen LogP contribution in [0.15, 0.2) is 0 Å². The predicted molar refractivity (Wildman–Crippen MR) is 89.0 cm³/mol. The average Bonchev–Trinajstić information content (AvgIpc) is 2.88. The number of hydrogen-bond donors (Lipinski definition) is 0. The van der Waals surface area contributed by atoms with Gasteiger partial charge >= 0.3 is 5.97 Å². The molecule has 2 saturated carbocycles. The van der Waals surface area contributed by atoms with Gasteiger partial charge in [-0.3, -0.25) is 4.79 Å². The molecule has 2 bridgehead atoms. The second-order valence-corrected chi connectivity index (χ2v) is 9.96. The highest BCUT2D eigenvalue weighted by atomic mass is 16.6. The van der Waals surface area contributed by atoms with Crippen molar-refractivity contribution in [1.82, 2.24) is 0 Å². The number of hydrogen-bond acceptors (Lipinski definition) is 3. The van der Waals surface area contributed by atoms with Gasteiger partial charge in [0.05, 0.1) is 11.2 Å². The SMILES string of the molecule is CC(=O)O[C@H]1C[C@@H]2C[C@@]3(C)CC[C@@]2(O3)[C@@]2(C)CCCC(C)(C)[C@H]12. The molecular weight excluding hydrogens is 288 g/mol. The van der Waals surface area contributed by atoms with Crippen molar-refractivity contribution in [1.29, 1.82) is 0 Å². The zero-order chi connectivity index (χ0) is 16.7. The number of carbonyl (C=O) groups excluding carboxylic acids is 1. The summed E-state index contributed by atoms with van der Waals surface area (Å²) in [5.41, 5.74) is 0.426. The zero-order valence-corrected chi connectivity index (χ0v) is 15.4. The standard InChI is InChI=1S/C20H32O3/c1-13(21)22-15-11-14-12-18(4)9-10-20(14,23-18)19(5)8-6-7-17(2,3)16(15)19/h14-16H,6-12H2,1-5H3/t14-,15+,16+,18-,19+,20+/m1/s1. The van der Waals surface area contributed by atoms with Crippen molar-refractivity contribution < 1.29 is 14.3 Å². The molecule has 1 spiro atoms. The molecule has 0 aromatic carbocycles. The van der Waals surface area contributed by atoms with E-state index in [1.807, 2.05) is 0 Å². The Morgan fingerprint density at radius 2 is 1.83 bits per heavy atom. The minimum Gasteiger partial charge on any atom is -0.462 e. The predicted octanol–water partition coefficient (Wildman–Crippen LogP) is 4.48. The van der Waals surface area contributed by atoms with E-state index in [0.717, 1.165) is 12.8 Å². The van der Waals surface area contributed by atoms with Crippen LogP contribution in [0.1, 0.15) is 79.6 Å². The Hall–Kier alpha value is -0.570. The fourth-order valence-corrected chi connectivity index (χ4v) is 7.47. The van der Waals surface area contributed by atoms with Crippen LogP contribution in [0, 0.1) is 22.7 Å². The number of rotatable bonds is 1. The summed E-state index contributed by atoms with van der Waals surface area (Å²) in [4.78, 5) is 11.8. The van der Waals surface area contributed by atoms with Crippen LogP contribution in [0.5, 0.6) is 0 Å². The quantitative estimate of drug-likeness (QED) is 0.668. The van der Waals surface area contributed by atoms with Crippen molar-refractivity contribution in [2.45, 2.75) is 96.9 Å². The summed E-state index contributed by atoms with van der Waals surface area (Å²) in [7, 11) is 0. The molecule has 2 aliphatic heterocycles. The molecule has 23 heavy (non-hydrogen) atoms. The van der Waals surface area contributed by atoms with Crippen molar-refractivity contribution in [3.63, 3.8) is 0 Å². The molecule has 4 aliphatic rings. The number of esters is 1. The van der Waals surface area contributed by atoms with E-state index < -0.39 is 0 Å². The molecule has 0 unspecified atom stereocenters. The molecule has 2 heterocycles. The van der Waals surface area contributed by atoms with E-state index >= 15 is 0 Å². The fourth-order valence-electron chi connectivity index (χ4n) is 7.47. The van der Waals surface area contributed by atoms with E-state index in [-0.39, 0.29) is 34.1 Å². The number of fused-ring (bicyclic) bond motifs is 2. The third-order valence-corrected chi connectivity index (χ3v) is 8.01. The summed E-state index contributed by atoms with van der Waals surface area (Å²) in [5.74, 6) is 0.843. The van der Waals surface area contributed by atoms with Crippen LogP contribution in [0.4, 0.5) is 0 Å². The maximum absolute atomic E-state index is 11.8. The molecule has 130 valence electrons. The highest BCUT2D eigenvalue weighted by Crippen LogP contribution is 2.72. The molecule has 2 aliphatic carbocycles. The van der Waals surface area contributed by atoms with E-state index in [1.165, 1.54) is 32.1 Å². The second-order valence-electron chi connectivity index (χ2n) is 9.96. The molecule has 4 fully saturated rings. The Labute approximate surface area is 140 Å². The van der Waals surface area contributed by atoms with E-state index in [9.17, 15) is 4.79 Å². The first kappa shape index (κ1) is 15.9. The first-order valence-corrected chi connectivity index (χ1v) is 9.49. The molecule has 0 radical (unpaired) electrons. The van der Waals surface area contributed by atoms with Crippen molar-refractivity contribution in [2.75, 3.05) is 0 Å². The first-order valence-electron chi connectivity index (χ1n) is 9.49. The maximum Gasteiger partial charge on any atom is 0.302 e. The molecule has 0 aromatic heterocycles. The molecule has 2 saturated heterocycles. The van der Waals surface area contributed by atoms with Gasteiger partial charge in [-0.2, -0.15) is 0 Å². The van der Waals surface area contributed by atoms with Gasteiger partial charge in [-0.05, 0) is 56.8 Å². The third-order valence-electron chi connectivity index (χ3n) is 8.01. The second kappa shape index (κ2) is 4.53. The van der Waals surface area contributed by atoms with Crippen molar-refractivity contribution in [2.24, 2.45) is 22.7 Å². The van der Waals surface area contributed by atoms with Crippen LogP contribution >= 0.6 is 0 Å². The first-order chi connectivity index (χ1) is 10.6. The average molecular weight is 320 g/mol. The molecular formula is C20H32O3. The van der Waals surface area contributed by atoms with Gasteiger partial charge in [0.15, 0.2) is 0 Å². The highest BCUT2D eigenvalue weighted by molar-refractivity contribution is 5.66. The number of carbonyl (C=O) groups is 1. The Morgan fingerprint density at radius 1 is 1.09 bits per heavy atom. The largest absolute Gasteiger partial charge is 0.462 e. The van der Waals surface area contributed by atoms with E-state index in [0.29, 0.717) is 11.8 Å². The molecule has 6 atom stereocenters. The molecule has 3 nitrogen and oxygen atoms in total. The Bertz CT molecular complexity index is 541. The molecule has 0 N–H and O–H groups in total. The van der Waals surface area contributed by atoms with Crippen LogP contribution in [0.2, 0.25) is 0 Å². The lowest BCUT2D eigenvalue weighted by Crippen LogP contribution is -2.65. The topological polar surface area (TPSA) is 35.5 Å². The van der Waals surface area contributed by atoms with Crippen molar-refractivity contribution in [3.8, 4) is 0 Å². The van der Waals surface area contributed by atoms with E-state index in [4.69, 9.17) is 9.47 Å². The summed E-state index contributed by atoms with van der Waals surface area (Å²) < 4.78 is 12.7. The van der Waals surface area contributed by atoms with Crippen LogP contribution < -0.4 is 0 Å². The summed E-state index contributed by atoms with van der Waals surface area (Å²) in [5, 5.41) is 0. The molecule has 4 rings (SSSR count). The minimum atomic E-state index is -0.120. The number of ether oxygens (including phenoxy) is 2. The van der Waals surface area contributed by atoms with Gasteiger partial charge in [0.2, 0.25) is 0 Å². The maximum atomic E-state index is 11.8. The van der Waals surface area contributed by atoms with E-state index in [2.05, 4.69) is 27.7 Å². The fraction of sp³-hybridized carbons (Fsp3) is 0.950. The normalized spacial score (nSPS) is 53.5. The van der Waals surface area contributed by atoms with Gasteiger partial charge in [0.1, 0.15) is 6.10 Å². The molecule has 3 heteroatoms. The lowest BCUT2D eigenvalue weighted by atomic mass is 9.42. The molecule has 0 aromatic rings. The van der Waals surface area contributed by atoms with Crippen LogP contribution in [0.25, 0.3) is 0 Å². The van der Waals surface area contributed by atoms with Crippen LogP contribution in [-0.2, 0) is 14.3 Å². The summed E-state index contributed by atoms with van der Waals surface area (Å²) in [6.07, 6.45) is 8.31.